The van der Waals surface area contributed by atoms with E-state index in [0.717, 1.165) is 15.7 Å². The molecular formula is C21H20BrNO3S2. The zero-order valence-electron chi connectivity index (χ0n) is 15.8. The van der Waals surface area contributed by atoms with Crippen molar-refractivity contribution in [1.29, 1.82) is 0 Å². The summed E-state index contributed by atoms with van der Waals surface area (Å²) in [6.07, 6.45) is 1.85. The molecule has 0 saturated carbocycles. The molecule has 0 N–H and O–H groups in total. The molecule has 0 atom stereocenters. The lowest BCUT2D eigenvalue weighted by Gasteiger charge is -2.17. The van der Waals surface area contributed by atoms with E-state index in [-0.39, 0.29) is 12.0 Å². The number of thiocarbonyl (C=S) groups is 1. The Morgan fingerprint density at radius 1 is 1.25 bits per heavy atom. The van der Waals surface area contributed by atoms with Gasteiger partial charge in [-0.3, -0.25) is 9.69 Å². The molecule has 4 nitrogen and oxygen atoms in total. The number of carbonyl (C=O) groups is 1. The van der Waals surface area contributed by atoms with Crippen LogP contribution in [0.1, 0.15) is 26.3 Å². The van der Waals surface area contributed by atoms with Gasteiger partial charge in [-0.05, 0) is 72.6 Å². The SMILES string of the molecule is CCOc1cc(/C=C2/SC(=S)N(c3ccccc3)C2=O)cc(Br)c1OC(C)C. The Kier molecular flexibility index (Phi) is 6.80. The number of amides is 1. The van der Waals surface area contributed by atoms with Crippen molar-refractivity contribution in [2.24, 2.45) is 0 Å². The van der Waals surface area contributed by atoms with E-state index in [9.17, 15) is 4.79 Å². The molecule has 1 aliphatic heterocycles. The summed E-state index contributed by atoms with van der Waals surface area (Å²) in [6.45, 7) is 6.36. The molecule has 0 aromatic heterocycles. The largest absolute Gasteiger partial charge is 0.490 e. The summed E-state index contributed by atoms with van der Waals surface area (Å²) in [6, 6.07) is 13.2. The highest BCUT2D eigenvalue weighted by Crippen LogP contribution is 2.40. The summed E-state index contributed by atoms with van der Waals surface area (Å²) in [7, 11) is 0. The smallest absolute Gasteiger partial charge is 0.270 e. The van der Waals surface area contributed by atoms with Crippen LogP contribution in [0.5, 0.6) is 11.5 Å². The molecule has 0 spiro atoms. The summed E-state index contributed by atoms with van der Waals surface area (Å²) in [5, 5.41) is 0. The van der Waals surface area contributed by atoms with Gasteiger partial charge in [0.1, 0.15) is 0 Å². The van der Waals surface area contributed by atoms with E-state index in [1.165, 1.54) is 11.8 Å². The van der Waals surface area contributed by atoms with Gasteiger partial charge in [0, 0.05) is 0 Å². The first-order valence-corrected chi connectivity index (χ1v) is 10.9. The Bertz CT molecular complexity index is 929. The third-order valence-corrected chi connectivity index (χ3v) is 5.68. The van der Waals surface area contributed by atoms with E-state index < -0.39 is 0 Å². The highest BCUT2D eigenvalue weighted by molar-refractivity contribution is 9.10. The summed E-state index contributed by atoms with van der Waals surface area (Å²) in [5.41, 5.74) is 1.60. The van der Waals surface area contributed by atoms with E-state index in [0.29, 0.717) is 27.3 Å². The normalized spacial score (nSPS) is 15.6. The van der Waals surface area contributed by atoms with Gasteiger partial charge in [0.25, 0.3) is 5.91 Å². The van der Waals surface area contributed by atoms with Gasteiger partial charge >= 0.3 is 0 Å². The minimum atomic E-state index is -0.127. The fourth-order valence-corrected chi connectivity index (χ4v) is 4.56. The van der Waals surface area contributed by atoms with Gasteiger partial charge < -0.3 is 9.47 Å². The fraction of sp³-hybridized carbons (Fsp3) is 0.238. The maximum atomic E-state index is 12.9. The molecule has 7 heteroatoms. The van der Waals surface area contributed by atoms with Crippen molar-refractivity contribution in [3.63, 3.8) is 0 Å². The molecule has 3 rings (SSSR count). The van der Waals surface area contributed by atoms with Gasteiger partial charge in [0.05, 0.1) is 27.8 Å². The monoisotopic (exact) mass is 477 g/mol. The number of thioether (sulfide) groups is 1. The summed E-state index contributed by atoms with van der Waals surface area (Å²) < 4.78 is 12.9. The van der Waals surface area contributed by atoms with Crippen molar-refractivity contribution in [2.45, 2.75) is 26.9 Å². The van der Waals surface area contributed by atoms with Crippen LogP contribution in [-0.2, 0) is 4.79 Å². The fourth-order valence-electron chi connectivity index (χ4n) is 2.70. The maximum Gasteiger partial charge on any atom is 0.270 e. The van der Waals surface area contributed by atoms with Crippen LogP contribution in [0.2, 0.25) is 0 Å². The first-order valence-electron chi connectivity index (χ1n) is 8.86. The molecule has 0 radical (unpaired) electrons. The lowest BCUT2D eigenvalue weighted by atomic mass is 10.1. The van der Waals surface area contributed by atoms with Crippen molar-refractivity contribution >= 4 is 61.9 Å². The quantitative estimate of drug-likeness (QED) is 0.374. The van der Waals surface area contributed by atoms with Gasteiger partial charge in [0.2, 0.25) is 0 Å². The highest BCUT2D eigenvalue weighted by atomic mass is 79.9. The van der Waals surface area contributed by atoms with E-state index in [1.54, 1.807) is 4.90 Å². The van der Waals surface area contributed by atoms with Crippen LogP contribution in [-0.4, -0.2) is 22.9 Å². The van der Waals surface area contributed by atoms with Crippen molar-refractivity contribution in [3.05, 3.63) is 57.4 Å². The Labute approximate surface area is 183 Å². The van der Waals surface area contributed by atoms with Crippen molar-refractivity contribution < 1.29 is 14.3 Å². The van der Waals surface area contributed by atoms with E-state index in [2.05, 4.69) is 15.9 Å². The number of anilines is 1. The van der Waals surface area contributed by atoms with Gasteiger partial charge in [-0.25, -0.2) is 0 Å². The average Bonchev–Trinajstić information content (AvgIpc) is 2.92. The number of hydrogen-bond acceptors (Lipinski definition) is 5. The van der Waals surface area contributed by atoms with Crippen molar-refractivity contribution in [3.8, 4) is 11.5 Å². The Balaban J connectivity index is 1.95. The molecule has 2 aromatic carbocycles. The average molecular weight is 478 g/mol. The zero-order valence-corrected chi connectivity index (χ0v) is 19.0. The number of hydrogen-bond donors (Lipinski definition) is 0. The second kappa shape index (κ2) is 9.11. The Morgan fingerprint density at radius 2 is 1.96 bits per heavy atom. The third kappa shape index (κ3) is 4.59. The van der Waals surface area contributed by atoms with Gasteiger partial charge in [0.15, 0.2) is 15.8 Å². The van der Waals surface area contributed by atoms with Crippen LogP contribution < -0.4 is 14.4 Å². The summed E-state index contributed by atoms with van der Waals surface area (Å²) in [5.74, 6) is 1.17. The number of benzene rings is 2. The van der Waals surface area contributed by atoms with E-state index >= 15 is 0 Å². The number of rotatable bonds is 6. The van der Waals surface area contributed by atoms with Gasteiger partial charge in [-0.2, -0.15) is 0 Å². The molecule has 0 bridgehead atoms. The van der Waals surface area contributed by atoms with Crippen molar-refractivity contribution in [1.82, 2.24) is 0 Å². The summed E-state index contributed by atoms with van der Waals surface area (Å²) >= 11 is 10.3. The molecule has 146 valence electrons. The standard InChI is InChI=1S/C21H20BrNO3S2/c1-4-25-17-11-14(10-16(22)19(17)26-13(2)3)12-18-20(24)23(21(27)28-18)15-8-6-5-7-9-15/h5-13H,4H2,1-3H3/b18-12+. The van der Waals surface area contributed by atoms with Crippen LogP contribution in [0.4, 0.5) is 5.69 Å². The molecule has 0 aliphatic carbocycles. The molecule has 1 heterocycles. The van der Waals surface area contributed by atoms with Gasteiger partial charge in [-0.1, -0.05) is 42.2 Å². The Morgan fingerprint density at radius 3 is 2.61 bits per heavy atom. The molecule has 1 saturated heterocycles. The zero-order chi connectivity index (χ0) is 20.3. The number of para-hydroxylation sites is 1. The molecule has 2 aromatic rings. The van der Waals surface area contributed by atoms with Crippen LogP contribution in [0.25, 0.3) is 6.08 Å². The first kappa shape index (κ1) is 20.9. The number of halogens is 1. The second-order valence-corrected chi connectivity index (χ2v) is 8.81. The van der Waals surface area contributed by atoms with Crippen LogP contribution in [0.15, 0.2) is 51.8 Å². The number of nitrogens with zero attached hydrogens (tertiary/aromatic N) is 1. The molecule has 1 amide bonds. The number of carbonyl (C=O) groups excluding carboxylic acids is 1. The second-order valence-electron chi connectivity index (χ2n) is 6.28. The highest BCUT2D eigenvalue weighted by Gasteiger charge is 2.33. The van der Waals surface area contributed by atoms with Crippen LogP contribution >= 0.6 is 39.9 Å². The molecule has 28 heavy (non-hydrogen) atoms. The third-order valence-electron chi connectivity index (χ3n) is 3.79. The molecule has 1 fully saturated rings. The molecule has 1 aliphatic rings. The lowest BCUT2D eigenvalue weighted by molar-refractivity contribution is -0.113. The first-order chi connectivity index (χ1) is 13.4. The van der Waals surface area contributed by atoms with E-state index in [1.807, 2.05) is 69.3 Å². The summed E-state index contributed by atoms with van der Waals surface area (Å²) in [4.78, 5) is 15.0. The van der Waals surface area contributed by atoms with Crippen LogP contribution in [0, 0.1) is 0 Å². The number of ether oxygens (including phenoxy) is 2. The molecular weight excluding hydrogens is 458 g/mol. The minimum Gasteiger partial charge on any atom is -0.490 e. The predicted octanol–water partition coefficient (Wildman–Crippen LogP) is 6.04. The van der Waals surface area contributed by atoms with E-state index in [4.69, 9.17) is 21.7 Å². The minimum absolute atomic E-state index is 0.0171. The molecule has 0 unspecified atom stereocenters. The predicted molar refractivity (Wildman–Crippen MR) is 123 cm³/mol. The van der Waals surface area contributed by atoms with Gasteiger partial charge in [-0.15, -0.1) is 0 Å². The lowest BCUT2D eigenvalue weighted by Crippen LogP contribution is -2.27. The van der Waals surface area contributed by atoms with Crippen LogP contribution in [0.3, 0.4) is 0 Å². The topological polar surface area (TPSA) is 38.8 Å². The maximum absolute atomic E-state index is 12.9. The van der Waals surface area contributed by atoms with Crippen molar-refractivity contribution in [2.75, 3.05) is 11.5 Å². The Hall–Kier alpha value is -1.83.